The lowest BCUT2D eigenvalue weighted by Crippen LogP contribution is -2.27. The fourth-order valence-electron chi connectivity index (χ4n) is 4.19. The van der Waals surface area contributed by atoms with Gasteiger partial charge in [0.25, 0.3) is 0 Å². The minimum atomic E-state index is -0.674. The number of thiophene rings is 2. The van der Waals surface area contributed by atoms with Gasteiger partial charge in [-0.2, -0.15) is 5.10 Å². The van der Waals surface area contributed by atoms with Crippen LogP contribution in [0.15, 0.2) is 48.7 Å². The fraction of sp³-hybridized carbons (Fsp3) is 0.355. The molecule has 1 amide bonds. The van der Waals surface area contributed by atoms with Crippen LogP contribution in [-0.4, -0.2) is 34.6 Å². The van der Waals surface area contributed by atoms with E-state index in [0.717, 1.165) is 24.7 Å². The molecule has 9 nitrogen and oxygen atoms in total. The van der Waals surface area contributed by atoms with Gasteiger partial charge in [-0.25, -0.2) is 4.79 Å². The van der Waals surface area contributed by atoms with Crippen molar-refractivity contribution < 1.29 is 28.6 Å². The van der Waals surface area contributed by atoms with Crippen LogP contribution >= 0.6 is 22.7 Å². The molecule has 42 heavy (non-hydrogen) atoms. The molecule has 0 spiro atoms. The Kier molecular flexibility index (Phi) is 8.12. The van der Waals surface area contributed by atoms with E-state index < -0.39 is 29.0 Å². The highest BCUT2D eigenvalue weighted by Crippen LogP contribution is 2.53. The number of hydrogen-bond donors (Lipinski definition) is 1. The van der Waals surface area contributed by atoms with Gasteiger partial charge >= 0.3 is 18.0 Å². The van der Waals surface area contributed by atoms with E-state index >= 15 is 0 Å². The molecule has 3 heterocycles. The van der Waals surface area contributed by atoms with Gasteiger partial charge in [-0.15, -0.1) is 22.7 Å². The van der Waals surface area contributed by atoms with Gasteiger partial charge in [0.15, 0.2) is 0 Å². The molecular weight excluding hydrogens is 574 g/mol. The van der Waals surface area contributed by atoms with Gasteiger partial charge < -0.3 is 14.2 Å². The van der Waals surface area contributed by atoms with E-state index in [0.29, 0.717) is 24.2 Å². The number of nitrogens with zero attached hydrogens (tertiary/aromatic N) is 2. The van der Waals surface area contributed by atoms with Gasteiger partial charge in [-0.05, 0) is 58.2 Å². The number of aryl methyl sites for hydroxylation is 1. The molecular formula is C31H31N3O6S2. The Bertz CT molecular complexity index is 1670. The summed E-state index contributed by atoms with van der Waals surface area (Å²) in [5.41, 5.74) is 0.118. The first-order valence-electron chi connectivity index (χ1n) is 13.4. The Morgan fingerprint density at radius 2 is 1.79 bits per heavy atom. The van der Waals surface area contributed by atoms with E-state index in [1.54, 1.807) is 45.4 Å². The smallest absolute Gasteiger partial charge is 0.413 e. The molecule has 0 aliphatic heterocycles. The average Bonchev–Trinajstić information content (AvgIpc) is 3.37. The summed E-state index contributed by atoms with van der Waals surface area (Å²) in [6, 6.07) is 13.5. The second-order valence-corrected chi connectivity index (χ2v) is 13.3. The predicted molar refractivity (Wildman–Crippen MR) is 161 cm³/mol. The van der Waals surface area contributed by atoms with Crippen molar-refractivity contribution in [3.63, 3.8) is 0 Å². The Morgan fingerprint density at radius 1 is 1.07 bits per heavy atom. The number of amides is 1. The lowest BCUT2D eigenvalue weighted by atomic mass is 9.98. The first kappa shape index (κ1) is 29.4. The largest absolute Gasteiger partial charge is 0.441 e. The van der Waals surface area contributed by atoms with Crippen molar-refractivity contribution in [2.45, 2.75) is 52.1 Å². The number of esters is 2. The second kappa shape index (κ2) is 11.6. The van der Waals surface area contributed by atoms with Crippen molar-refractivity contribution in [3.8, 4) is 11.8 Å². The first-order chi connectivity index (χ1) is 20.0. The molecule has 5 rings (SSSR count). The lowest BCUT2D eigenvalue weighted by molar-refractivity contribution is -0.174. The molecule has 1 unspecified atom stereocenters. The number of ether oxygens (including phenoxy) is 3. The average molecular weight is 606 g/mol. The Balaban J connectivity index is 1.23. The molecule has 1 aromatic carbocycles. The number of rotatable bonds is 7. The summed E-state index contributed by atoms with van der Waals surface area (Å²) in [7, 11) is 1.72. The molecule has 0 radical (unpaired) electrons. The van der Waals surface area contributed by atoms with E-state index in [2.05, 4.69) is 22.3 Å². The van der Waals surface area contributed by atoms with E-state index in [4.69, 9.17) is 14.2 Å². The van der Waals surface area contributed by atoms with Crippen molar-refractivity contribution in [3.05, 3.63) is 69.5 Å². The maximum absolute atomic E-state index is 12.9. The van der Waals surface area contributed by atoms with E-state index in [1.165, 1.54) is 16.0 Å². The number of fused-ring (bicyclic) bond motifs is 1. The number of anilines is 1. The van der Waals surface area contributed by atoms with E-state index in [1.807, 2.05) is 49.4 Å². The van der Waals surface area contributed by atoms with Crippen LogP contribution in [0.5, 0.6) is 0 Å². The van der Waals surface area contributed by atoms with Crippen molar-refractivity contribution >= 4 is 55.9 Å². The zero-order valence-corrected chi connectivity index (χ0v) is 25.6. The Hall–Kier alpha value is -4.14. The van der Waals surface area contributed by atoms with E-state index in [9.17, 15) is 14.4 Å². The van der Waals surface area contributed by atoms with Gasteiger partial charge in [0.2, 0.25) is 6.79 Å². The van der Waals surface area contributed by atoms with Gasteiger partial charge in [0, 0.05) is 21.3 Å². The number of benzene rings is 1. The Morgan fingerprint density at radius 3 is 2.45 bits per heavy atom. The maximum atomic E-state index is 12.9. The number of carbonyl (C=O) groups excluding carboxylic acids is 3. The zero-order chi connectivity index (χ0) is 30.1. The fourth-order valence-corrected chi connectivity index (χ4v) is 6.67. The van der Waals surface area contributed by atoms with Crippen molar-refractivity contribution in [2.24, 2.45) is 12.5 Å². The molecule has 1 N–H and O–H groups in total. The predicted octanol–water partition coefficient (Wildman–Crippen LogP) is 6.53. The van der Waals surface area contributed by atoms with Gasteiger partial charge in [0.05, 0.1) is 22.1 Å². The van der Waals surface area contributed by atoms with Gasteiger partial charge in [0.1, 0.15) is 17.3 Å². The SMILES string of the molecule is CC(OC(=O)Nc1c(C#Cc2cc3sc(C4(C(=O)OCOC(=O)C(C)(C)C)CC4)cc3s2)cnn1C)c1ccccc1. The summed E-state index contributed by atoms with van der Waals surface area (Å²) in [5, 5.41) is 6.99. The summed E-state index contributed by atoms with van der Waals surface area (Å²) in [6.45, 7) is 6.66. The minimum absolute atomic E-state index is 0.369. The number of carbonyl (C=O) groups is 3. The molecule has 1 aliphatic carbocycles. The standard InChI is InChI=1S/C31H31N3O6S2/c1-19(20-9-7-6-8-10-20)40-29(37)33-26-21(17-32-34(26)5)11-12-22-15-23-24(41-22)16-25(42-23)31(13-14-31)28(36)39-18-38-27(35)30(2,3)4/h6-10,15-17,19H,13-14,18H2,1-5H3,(H,33,37). The minimum Gasteiger partial charge on any atom is -0.441 e. The van der Waals surface area contributed by atoms with Crippen LogP contribution in [0.25, 0.3) is 9.40 Å². The van der Waals surface area contributed by atoms with Gasteiger partial charge in [-0.3, -0.25) is 19.6 Å². The van der Waals surface area contributed by atoms with Crippen LogP contribution in [0.2, 0.25) is 0 Å². The molecule has 1 aliphatic rings. The topological polar surface area (TPSA) is 109 Å². The first-order valence-corrected chi connectivity index (χ1v) is 15.0. The quantitative estimate of drug-likeness (QED) is 0.145. The summed E-state index contributed by atoms with van der Waals surface area (Å²) in [5.74, 6) is 5.92. The molecule has 11 heteroatoms. The maximum Gasteiger partial charge on any atom is 0.413 e. The van der Waals surface area contributed by atoms with Crippen LogP contribution in [-0.2, 0) is 36.3 Å². The number of hydrogen-bond acceptors (Lipinski definition) is 9. The number of aromatic nitrogens is 2. The van der Waals surface area contributed by atoms with Crippen molar-refractivity contribution in [2.75, 3.05) is 12.1 Å². The normalized spacial score (nSPS) is 14.4. The highest BCUT2D eigenvalue weighted by Gasteiger charge is 2.54. The molecule has 218 valence electrons. The lowest BCUT2D eigenvalue weighted by Gasteiger charge is -2.17. The summed E-state index contributed by atoms with van der Waals surface area (Å²) in [4.78, 5) is 39.2. The third-order valence-electron chi connectivity index (χ3n) is 6.84. The second-order valence-electron chi connectivity index (χ2n) is 11.1. The molecule has 4 aromatic rings. The van der Waals surface area contributed by atoms with Crippen LogP contribution < -0.4 is 5.32 Å². The van der Waals surface area contributed by atoms with Crippen LogP contribution in [0.4, 0.5) is 10.6 Å². The molecule has 1 saturated carbocycles. The Labute approximate surface area is 251 Å². The highest BCUT2D eigenvalue weighted by molar-refractivity contribution is 7.28. The molecule has 0 bridgehead atoms. The van der Waals surface area contributed by atoms with E-state index in [-0.39, 0.29) is 12.8 Å². The summed E-state index contributed by atoms with van der Waals surface area (Å²) in [6.07, 6.45) is 1.98. The zero-order valence-electron chi connectivity index (χ0n) is 24.0. The molecule has 1 atom stereocenters. The third-order valence-corrected chi connectivity index (χ3v) is 9.26. The summed E-state index contributed by atoms with van der Waals surface area (Å²) < 4.78 is 19.5. The molecule has 1 fully saturated rings. The monoisotopic (exact) mass is 605 g/mol. The van der Waals surface area contributed by atoms with Gasteiger partial charge in [-0.1, -0.05) is 42.2 Å². The van der Waals surface area contributed by atoms with Crippen LogP contribution in [0, 0.1) is 17.3 Å². The molecule has 0 saturated heterocycles. The summed E-state index contributed by atoms with van der Waals surface area (Å²) >= 11 is 3.07. The third kappa shape index (κ3) is 6.35. The number of nitrogens with one attached hydrogen (secondary N) is 1. The van der Waals surface area contributed by atoms with Crippen LogP contribution in [0.3, 0.4) is 0 Å². The van der Waals surface area contributed by atoms with Crippen molar-refractivity contribution in [1.29, 1.82) is 0 Å². The molecule has 3 aromatic heterocycles. The highest BCUT2D eigenvalue weighted by atomic mass is 32.1. The van der Waals surface area contributed by atoms with Crippen LogP contribution in [0.1, 0.15) is 67.5 Å². The van der Waals surface area contributed by atoms with Crippen molar-refractivity contribution in [1.82, 2.24) is 9.78 Å².